The predicted molar refractivity (Wildman–Crippen MR) is 58.0 cm³/mol. The van der Waals surface area contributed by atoms with Crippen LogP contribution in [-0.4, -0.2) is 42.3 Å². The molecule has 0 spiro atoms. The first-order chi connectivity index (χ1) is 7.42. The SMILES string of the molecule is CC(C)(C)OC(=O)N1CCCC(OC=O)C1. The topological polar surface area (TPSA) is 55.8 Å². The van der Waals surface area contributed by atoms with Crippen LogP contribution in [0.2, 0.25) is 0 Å². The number of carbonyl (C=O) groups is 2. The molecule has 0 N–H and O–H groups in total. The molecular weight excluding hydrogens is 210 g/mol. The van der Waals surface area contributed by atoms with Crippen molar-refractivity contribution >= 4 is 12.6 Å². The van der Waals surface area contributed by atoms with Gasteiger partial charge in [-0.3, -0.25) is 4.79 Å². The quantitative estimate of drug-likeness (QED) is 0.674. The molecule has 92 valence electrons. The largest absolute Gasteiger partial charge is 0.463 e. The van der Waals surface area contributed by atoms with Crippen LogP contribution in [0.25, 0.3) is 0 Å². The van der Waals surface area contributed by atoms with Gasteiger partial charge in [0, 0.05) is 6.54 Å². The summed E-state index contributed by atoms with van der Waals surface area (Å²) in [6.07, 6.45) is 1.10. The minimum atomic E-state index is -0.491. The van der Waals surface area contributed by atoms with Crippen molar-refractivity contribution in [1.82, 2.24) is 4.90 Å². The lowest BCUT2D eigenvalue weighted by molar-refractivity contribution is -0.136. The molecule has 1 fully saturated rings. The summed E-state index contributed by atoms with van der Waals surface area (Å²) >= 11 is 0. The summed E-state index contributed by atoms with van der Waals surface area (Å²) in [5, 5.41) is 0. The number of hydrogen-bond acceptors (Lipinski definition) is 4. The second-order valence-electron chi connectivity index (χ2n) is 4.92. The van der Waals surface area contributed by atoms with E-state index in [1.54, 1.807) is 4.90 Å². The number of hydrogen-bond donors (Lipinski definition) is 0. The highest BCUT2D eigenvalue weighted by Crippen LogP contribution is 2.16. The van der Waals surface area contributed by atoms with Gasteiger partial charge in [-0.2, -0.15) is 0 Å². The third-order valence-corrected chi connectivity index (χ3v) is 2.28. The van der Waals surface area contributed by atoms with Crippen molar-refractivity contribution in [3.63, 3.8) is 0 Å². The van der Waals surface area contributed by atoms with Crippen LogP contribution in [0.15, 0.2) is 0 Å². The standard InChI is InChI=1S/C11H19NO4/c1-11(2,3)16-10(14)12-6-4-5-9(7-12)15-8-13/h8-9H,4-7H2,1-3H3. The minimum absolute atomic E-state index is 0.196. The van der Waals surface area contributed by atoms with Crippen LogP contribution in [0.1, 0.15) is 33.6 Å². The van der Waals surface area contributed by atoms with E-state index in [1.807, 2.05) is 20.8 Å². The Hall–Kier alpha value is -1.26. The lowest BCUT2D eigenvalue weighted by Crippen LogP contribution is -2.45. The summed E-state index contributed by atoms with van der Waals surface area (Å²) in [4.78, 5) is 23.5. The summed E-state index contributed by atoms with van der Waals surface area (Å²) in [5.74, 6) is 0. The summed E-state index contributed by atoms with van der Waals surface area (Å²) in [6.45, 7) is 7.00. The fourth-order valence-corrected chi connectivity index (χ4v) is 1.62. The molecule has 1 amide bonds. The van der Waals surface area contributed by atoms with E-state index in [2.05, 4.69) is 0 Å². The van der Waals surface area contributed by atoms with E-state index < -0.39 is 5.60 Å². The molecule has 16 heavy (non-hydrogen) atoms. The molecule has 1 unspecified atom stereocenters. The van der Waals surface area contributed by atoms with Crippen LogP contribution < -0.4 is 0 Å². The van der Waals surface area contributed by atoms with Gasteiger partial charge in [0.1, 0.15) is 11.7 Å². The fourth-order valence-electron chi connectivity index (χ4n) is 1.62. The smallest absolute Gasteiger partial charge is 0.410 e. The maximum atomic E-state index is 11.7. The average molecular weight is 229 g/mol. The summed E-state index contributed by atoms with van der Waals surface area (Å²) in [6, 6.07) is 0. The van der Waals surface area contributed by atoms with E-state index in [1.165, 1.54) is 0 Å². The molecule has 5 heteroatoms. The van der Waals surface area contributed by atoms with Crippen LogP contribution in [0.4, 0.5) is 4.79 Å². The molecule has 0 bridgehead atoms. The highest BCUT2D eigenvalue weighted by atomic mass is 16.6. The monoisotopic (exact) mass is 229 g/mol. The molecule has 1 aliphatic heterocycles. The normalized spacial score (nSPS) is 21.4. The van der Waals surface area contributed by atoms with Gasteiger partial charge in [0.05, 0.1) is 6.54 Å². The minimum Gasteiger partial charge on any atom is -0.463 e. The Morgan fingerprint density at radius 2 is 2.12 bits per heavy atom. The van der Waals surface area contributed by atoms with Gasteiger partial charge in [0.15, 0.2) is 0 Å². The zero-order chi connectivity index (χ0) is 12.2. The van der Waals surface area contributed by atoms with Crippen molar-refractivity contribution in [2.75, 3.05) is 13.1 Å². The van der Waals surface area contributed by atoms with Gasteiger partial charge in [0.2, 0.25) is 0 Å². The first-order valence-electron chi connectivity index (χ1n) is 5.49. The Labute approximate surface area is 95.7 Å². The van der Waals surface area contributed by atoms with Gasteiger partial charge in [-0.05, 0) is 33.6 Å². The zero-order valence-electron chi connectivity index (χ0n) is 10.1. The molecule has 0 radical (unpaired) electrons. The van der Waals surface area contributed by atoms with Crippen LogP contribution >= 0.6 is 0 Å². The Kier molecular flexibility index (Phi) is 4.15. The van der Waals surface area contributed by atoms with Gasteiger partial charge in [-0.15, -0.1) is 0 Å². The number of likely N-dealkylation sites (tertiary alicyclic amines) is 1. The maximum Gasteiger partial charge on any atom is 0.410 e. The first-order valence-corrected chi connectivity index (χ1v) is 5.49. The van der Waals surface area contributed by atoms with Crippen molar-refractivity contribution in [3.8, 4) is 0 Å². The second kappa shape index (κ2) is 5.18. The first kappa shape index (κ1) is 12.8. The Bertz CT molecular complexity index is 259. The Morgan fingerprint density at radius 3 is 2.69 bits per heavy atom. The fraction of sp³-hybridized carbons (Fsp3) is 0.818. The molecule has 1 saturated heterocycles. The maximum absolute atomic E-state index is 11.7. The van der Waals surface area contributed by atoms with E-state index in [0.717, 1.165) is 12.8 Å². The number of rotatable bonds is 2. The molecule has 5 nitrogen and oxygen atoms in total. The van der Waals surface area contributed by atoms with Gasteiger partial charge in [0.25, 0.3) is 6.47 Å². The highest BCUT2D eigenvalue weighted by Gasteiger charge is 2.28. The predicted octanol–water partition coefficient (Wildman–Crippen LogP) is 1.56. The van der Waals surface area contributed by atoms with Crippen molar-refractivity contribution in [1.29, 1.82) is 0 Å². The Morgan fingerprint density at radius 1 is 1.44 bits per heavy atom. The van der Waals surface area contributed by atoms with Gasteiger partial charge in [-0.1, -0.05) is 0 Å². The van der Waals surface area contributed by atoms with Crippen LogP contribution in [0, 0.1) is 0 Å². The van der Waals surface area contributed by atoms with Crippen molar-refractivity contribution < 1.29 is 19.1 Å². The van der Waals surface area contributed by atoms with E-state index in [9.17, 15) is 9.59 Å². The Balaban J connectivity index is 2.47. The molecule has 1 heterocycles. The molecule has 0 aromatic carbocycles. The van der Waals surface area contributed by atoms with Crippen LogP contribution in [0.3, 0.4) is 0 Å². The molecular formula is C11H19NO4. The van der Waals surface area contributed by atoms with Crippen LogP contribution in [0.5, 0.6) is 0 Å². The third kappa shape index (κ3) is 4.08. The number of piperidine rings is 1. The van der Waals surface area contributed by atoms with E-state index in [4.69, 9.17) is 9.47 Å². The summed E-state index contributed by atoms with van der Waals surface area (Å²) in [5.41, 5.74) is -0.491. The third-order valence-electron chi connectivity index (χ3n) is 2.28. The van der Waals surface area contributed by atoms with Gasteiger partial charge in [-0.25, -0.2) is 4.79 Å². The molecule has 0 saturated carbocycles. The molecule has 1 aliphatic rings. The second-order valence-corrected chi connectivity index (χ2v) is 4.92. The highest BCUT2D eigenvalue weighted by molar-refractivity contribution is 5.68. The molecule has 1 rings (SSSR count). The number of nitrogens with zero attached hydrogens (tertiary/aromatic N) is 1. The van der Waals surface area contributed by atoms with E-state index in [-0.39, 0.29) is 12.2 Å². The lowest BCUT2D eigenvalue weighted by atomic mass is 10.1. The lowest BCUT2D eigenvalue weighted by Gasteiger charge is -2.33. The molecule has 1 atom stereocenters. The summed E-state index contributed by atoms with van der Waals surface area (Å²) in [7, 11) is 0. The van der Waals surface area contributed by atoms with Crippen molar-refractivity contribution in [3.05, 3.63) is 0 Å². The number of ether oxygens (including phenoxy) is 2. The van der Waals surface area contributed by atoms with E-state index in [0.29, 0.717) is 19.6 Å². The van der Waals surface area contributed by atoms with Gasteiger partial charge >= 0.3 is 6.09 Å². The zero-order valence-corrected chi connectivity index (χ0v) is 10.1. The van der Waals surface area contributed by atoms with Gasteiger partial charge < -0.3 is 14.4 Å². The van der Waals surface area contributed by atoms with Crippen molar-refractivity contribution in [2.24, 2.45) is 0 Å². The molecule has 0 aliphatic carbocycles. The summed E-state index contributed by atoms with van der Waals surface area (Å²) < 4.78 is 10.1. The van der Waals surface area contributed by atoms with E-state index >= 15 is 0 Å². The number of carbonyl (C=O) groups excluding carboxylic acids is 2. The number of amides is 1. The molecule has 0 aromatic heterocycles. The molecule has 0 aromatic rings. The van der Waals surface area contributed by atoms with Crippen molar-refractivity contribution in [2.45, 2.75) is 45.3 Å². The van der Waals surface area contributed by atoms with Crippen LogP contribution in [-0.2, 0) is 14.3 Å². The average Bonchev–Trinajstić information content (AvgIpc) is 2.16.